The van der Waals surface area contributed by atoms with Crippen molar-refractivity contribution in [3.63, 3.8) is 0 Å². The molecule has 1 aromatic heterocycles. The summed E-state index contributed by atoms with van der Waals surface area (Å²) >= 11 is 0. The number of carbonyl (C=O) groups excluding carboxylic acids is 2. The number of hydrogen-bond donors (Lipinski definition) is 1. The van der Waals surface area contributed by atoms with Gasteiger partial charge in [0.15, 0.2) is 0 Å². The number of rotatable bonds is 2. The molecule has 0 saturated heterocycles. The van der Waals surface area contributed by atoms with E-state index in [1.165, 1.54) is 30.5 Å². The normalized spacial score (nSPS) is 15.1. The van der Waals surface area contributed by atoms with Crippen molar-refractivity contribution in [3.05, 3.63) is 47.3 Å². The Labute approximate surface area is 132 Å². The van der Waals surface area contributed by atoms with Gasteiger partial charge < -0.3 is 10.1 Å². The first-order valence-electron chi connectivity index (χ1n) is 6.91. The molecular formula is C15H14N2O5S. The molecule has 0 saturated carbocycles. The minimum Gasteiger partial charge on any atom is -0.462 e. The van der Waals surface area contributed by atoms with Crippen LogP contribution in [0.25, 0.3) is 0 Å². The second-order valence-electron chi connectivity index (χ2n) is 5.09. The predicted octanol–water partition coefficient (Wildman–Crippen LogP) is 1.78. The summed E-state index contributed by atoms with van der Waals surface area (Å²) in [6.07, 6.45) is 1.39. The fraction of sp³-hybridized carbons (Fsp3) is 0.200. The molecule has 3 rings (SSSR count). The van der Waals surface area contributed by atoms with Gasteiger partial charge in [-0.15, -0.1) is 0 Å². The van der Waals surface area contributed by atoms with Crippen molar-refractivity contribution >= 4 is 27.6 Å². The molecule has 1 aliphatic rings. The van der Waals surface area contributed by atoms with Crippen LogP contribution in [-0.2, 0) is 14.8 Å². The number of anilines is 1. The number of hydrogen-bond acceptors (Lipinski definition) is 5. The third-order valence-electron chi connectivity index (χ3n) is 3.43. The first-order valence-corrected chi connectivity index (χ1v) is 8.35. The van der Waals surface area contributed by atoms with Crippen molar-refractivity contribution in [2.45, 2.75) is 18.7 Å². The van der Waals surface area contributed by atoms with E-state index in [0.29, 0.717) is 5.56 Å². The molecule has 8 heteroatoms. The van der Waals surface area contributed by atoms with Gasteiger partial charge in [0.25, 0.3) is 15.9 Å². The van der Waals surface area contributed by atoms with Crippen molar-refractivity contribution in [2.24, 2.45) is 0 Å². The maximum absolute atomic E-state index is 12.7. The maximum Gasteiger partial charge on any atom is 0.338 e. The maximum atomic E-state index is 12.7. The van der Waals surface area contributed by atoms with Gasteiger partial charge in [-0.25, -0.2) is 17.2 Å². The van der Waals surface area contributed by atoms with Crippen molar-refractivity contribution in [1.29, 1.82) is 0 Å². The lowest BCUT2D eigenvalue weighted by molar-refractivity contribution is 0.0526. The number of nitrogens with one attached hydrogen (secondary N) is 1. The minimum atomic E-state index is -3.92. The van der Waals surface area contributed by atoms with Gasteiger partial charge in [0.1, 0.15) is 10.6 Å². The molecule has 2 heterocycles. The molecule has 1 aliphatic heterocycles. The van der Waals surface area contributed by atoms with Crippen LogP contribution in [0.15, 0.2) is 35.4 Å². The van der Waals surface area contributed by atoms with Crippen LogP contribution in [0.3, 0.4) is 0 Å². The molecule has 23 heavy (non-hydrogen) atoms. The molecular weight excluding hydrogens is 320 g/mol. The first kappa shape index (κ1) is 15.3. The Morgan fingerprint density at radius 2 is 2.04 bits per heavy atom. The van der Waals surface area contributed by atoms with E-state index in [1.54, 1.807) is 13.8 Å². The highest BCUT2D eigenvalue weighted by molar-refractivity contribution is 7.90. The van der Waals surface area contributed by atoms with Crippen LogP contribution in [0, 0.1) is 6.92 Å². The summed E-state index contributed by atoms with van der Waals surface area (Å²) in [7, 11) is -3.92. The average Bonchev–Trinajstić information content (AvgIpc) is 2.87. The molecule has 1 amide bonds. The standard InChI is InChI=1S/C15H14N2O5S/c1-3-22-15(19)10-4-5-13-11(7-10)16-14(18)12-6-9(2)8-17(12)23(13,20)21/h4-8H,3H2,1-2H3,(H,16,18). The average molecular weight is 334 g/mol. The van der Waals surface area contributed by atoms with Gasteiger partial charge in [0, 0.05) is 6.20 Å². The highest BCUT2D eigenvalue weighted by Gasteiger charge is 2.31. The van der Waals surface area contributed by atoms with E-state index in [9.17, 15) is 18.0 Å². The smallest absolute Gasteiger partial charge is 0.338 e. The monoisotopic (exact) mass is 334 g/mol. The predicted molar refractivity (Wildman–Crippen MR) is 82.1 cm³/mol. The van der Waals surface area contributed by atoms with E-state index >= 15 is 0 Å². The van der Waals surface area contributed by atoms with Crippen LogP contribution in [0.1, 0.15) is 33.3 Å². The summed E-state index contributed by atoms with van der Waals surface area (Å²) < 4.78 is 31.3. The summed E-state index contributed by atoms with van der Waals surface area (Å²) in [6.45, 7) is 3.57. The Bertz CT molecular complexity index is 927. The van der Waals surface area contributed by atoms with E-state index in [2.05, 4.69) is 5.32 Å². The van der Waals surface area contributed by atoms with Crippen LogP contribution in [0.5, 0.6) is 0 Å². The lowest BCUT2D eigenvalue weighted by Crippen LogP contribution is -2.16. The van der Waals surface area contributed by atoms with Gasteiger partial charge in [-0.2, -0.15) is 0 Å². The largest absolute Gasteiger partial charge is 0.462 e. The third kappa shape index (κ3) is 2.40. The van der Waals surface area contributed by atoms with Crippen molar-refractivity contribution in [1.82, 2.24) is 3.97 Å². The van der Waals surface area contributed by atoms with E-state index in [4.69, 9.17) is 4.74 Å². The molecule has 0 aliphatic carbocycles. The van der Waals surface area contributed by atoms with Crippen LogP contribution < -0.4 is 5.32 Å². The Morgan fingerprint density at radius 1 is 1.30 bits per heavy atom. The van der Waals surface area contributed by atoms with Crippen molar-refractivity contribution < 1.29 is 22.7 Å². The molecule has 0 radical (unpaired) electrons. The van der Waals surface area contributed by atoms with Gasteiger partial charge in [-0.05, 0) is 43.7 Å². The number of fused-ring (bicyclic) bond motifs is 2. The summed E-state index contributed by atoms with van der Waals surface area (Å²) in [5.74, 6) is -1.14. The molecule has 120 valence electrons. The highest BCUT2D eigenvalue weighted by Crippen LogP contribution is 2.30. The molecule has 1 aromatic carbocycles. The van der Waals surface area contributed by atoms with Crippen LogP contribution in [-0.4, -0.2) is 30.9 Å². The van der Waals surface area contributed by atoms with Crippen LogP contribution in [0.4, 0.5) is 5.69 Å². The Hall–Kier alpha value is -2.61. The van der Waals surface area contributed by atoms with Crippen LogP contribution >= 0.6 is 0 Å². The second kappa shape index (κ2) is 5.24. The topological polar surface area (TPSA) is 94.5 Å². The number of aryl methyl sites for hydroxylation is 1. The lowest BCUT2D eigenvalue weighted by atomic mass is 10.2. The van der Waals surface area contributed by atoms with Gasteiger partial charge >= 0.3 is 5.97 Å². The number of aromatic nitrogens is 1. The quantitative estimate of drug-likeness (QED) is 0.845. The first-order chi connectivity index (χ1) is 10.8. The molecule has 0 unspecified atom stereocenters. The summed E-state index contributed by atoms with van der Waals surface area (Å²) in [5, 5.41) is 2.54. The summed E-state index contributed by atoms with van der Waals surface area (Å²) in [6, 6.07) is 5.45. The molecule has 7 nitrogen and oxygen atoms in total. The third-order valence-corrected chi connectivity index (χ3v) is 5.16. The van der Waals surface area contributed by atoms with Crippen LogP contribution in [0.2, 0.25) is 0 Å². The van der Waals surface area contributed by atoms with Gasteiger partial charge in [-0.3, -0.25) is 4.79 Å². The number of carbonyl (C=O) groups is 2. The zero-order chi connectivity index (χ0) is 16.8. The number of ether oxygens (including phenoxy) is 1. The van der Waals surface area contributed by atoms with Gasteiger partial charge in [0.2, 0.25) is 0 Å². The molecule has 0 fully saturated rings. The van der Waals surface area contributed by atoms with E-state index in [1.807, 2.05) is 0 Å². The number of benzene rings is 1. The van der Waals surface area contributed by atoms with Crippen molar-refractivity contribution in [2.75, 3.05) is 11.9 Å². The van der Waals surface area contributed by atoms with Crippen molar-refractivity contribution in [3.8, 4) is 0 Å². The zero-order valence-corrected chi connectivity index (χ0v) is 13.3. The number of amides is 1. The number of esters is 1. The molecule has 1 N–H and O–H groups in total. The minimum absolute atomic E-state index is 0.0244. The Balaban J connectivity index is 2.19. The summed E-state index contributed by atoms with van der Waals surface area (Å²) in [5.41, 5.74) is 0.910. The molecule has 2 aromatic rings. The highest BCUT2D eigenvalue weighted by atomic mass is 32.2. The molecule has 0 atom stereocenters. The zero-order valence-electron chi connectivity index (χ0n) is 12.5. The van der Waals surface area contributed by atoms with E-state index in [0.717, 1.165) is 3.97 Å². The van der Waals surface area contributed by atoms with Gasteiger partial charge in [0.05, 0.1) is 17.9 Å². The van der Waals surface area contributed by atoms with Gasteiger partial charge in [-0.1, -0.05) is 0 Å². The lowest BCUT2D eigenvalue weighted by Gasteiger charge is -2.09. The van der Waals surface area contributed by atoms with E-state index in [-0.39, 0.29) is 28.4 Å². The fourth-order valence-electron chi connectivity index (χ4n) is 2.42. The van der Waals surface area contributed by atoms with E-state index < -0.39 is 21.9 Å². The Morgan fingerprint density at radius 3 is 2.74 bits per heavy atom. The number of nitrogens with zero attached hydrogens (tertiary/aromatic N) is 1. The SMILES string of the molecule is CCOC(=O)c1ccc2c(c1)NC(=O)c1cc(C)cn1S2(=O)=O. The Kier molecular flexibility index (Phi) is 3.48. The summed E-state index contributed by atoms with van der Waals surface area (Å²) in [4.78, 5) is 24.0. The fourth-order valence-corrected chi connectivity index (χ4v) is 3.96. The molecule has 0 bridgehead atoms. The molecule has 0 spiro atoms. The second-order valence-corrected chi connectivity index (χ2v) is 6.87.